The second-order valence-corrected chi connectivity index (χ2v) is 20.5. The summed E-state index contributed by atoms with van der Waals surface area (Å²) in [6.07, 6.45) is 22.8. The van der Waals surface area contributed by atoms with Crippen LogP contribution in [0.1, 0.15) is 168 Å². The average molecular weight is 1020 g/mol. The van der Waals surface area contributed by atoms with Gasteiger partial charge in [-0.05, 0) is 77.0 Å². The number of aliphatic hydroxyl groups is 3. The molecule has 0 radical (unpaired) electrons. The number of phosphoric ester groups is 3. The van der Waals surface area contributed by atoms with Crippen LogP contribution in [0.15, 0.2) is 48.6 Å². The topological polar surface area (TPSA) is 303 Å². The van der Waals surface area contributed by atoms with Gasteiger partial charge in [-0.2, -0.15) is 0 Å². The molecule has 67 heavy (non-hydrogen) atoms. The highest BCUT2D eigenvalue weighted by atomic mass is 31.2. The van der Waals surface area contributed by atoms with E-state index in [0.717, 1.165) is 64.2 Å². The van der Waals surface area contributed by atoms with Crippen LogP contribution < -0.4 is 0 Å². The van der Waals surface area contributed by atoms with Gasteiger partial charge >= 0.3 is 35.4 Å². The molecule has 19 nitrogen and oxygen atoms in total. The SMILES string of the molecule is CCCCC/C=C\C/C=C\C/C=C\CCCCC(=O)OC[C@H](COP(=O)(O)O[C@H]1C(O)C(O)C(OP(=O)(O)O)[C@@H](OP(=O)(O)O)C1O)OC(=O)CCCCCCC/C=C\CCCCCCCC. The number of ether oxygens (including phenoxy) is 2. The molecule has 0 aromatic rings. The minimum atomic E-state index is -5.61. The number of carbonyl (C=O) groups excluding carboxylic acids is 2. The van der Waals surface area contributed by atoms with Crippen molar-refractivity contribution in [2.45, 2.75) is 211 Å². The summed E-state index contributed by atoms with van der Waals surface area (Å²) in [5.41, 5.74) is 0. The van der Waals surface area contributed by atoms with E-state index in [2.05, 4.69) is 59.4 Å². The molecule has 0 amide bonds. The monoisotopic (exact) mass is 1020 g/mol. The van der Waals surface area contributed by atoms with Crippen molar-refractivity contribution >= 4 is 35.4 Å². The van der Waals surface area contributed by atoms with Gasteiger partial charge < -0.3 is 49.3 Å². The molecule has 0 aromatic heterocycles. The Morgan fingerprint density at radius 3 is 1.40 bits per heavy atom. The lowest BCUT2D eigenvalue weighted by molar-refractivity contribution is -0.213. The molecule has 1 fully saturated rings. The summed E-state index contributed by atoms with van der Waals surface area (Å²) in [7, 11) is -16.6. The maximum Gasteiger partial charge on any atom is 0.472 e. The van der Waals surface area contributed by atoms with E-state index in [4.69, 9.17) is 18.5 Å². The third-order valence-corrected chi connectivity index (χ3v) is 12.6. The zero-order chi connectivity index (χ0) is 50.0. The molecule has 1 aliphatic carbocycles. The van der Waals surface area contributed by atoms with Gasteiger partial charge in [0.15, 0.2) is 6.10 Å². The molecule has 5 unspecified atom stereocenters. The van der Waals surface area contributed by atoms with E-state index in [9.17, 15) is 63.1 Å². The number of esters is 2. The lowest BCUT2D eigenvalue weighted by atomic mass is 9.85. The smallest absolute Gasteiger partial charge is 0.462 e. The van der Waals surface area contributed by atoms with Crippen LogP contribution in [0.5, 0.6) is 0 Å². The van der Waals surface area contributed by atoms with Gasteiger partial charge in [0.2, 0.25) is 0 Å². The molecule has 0 aliphatic heterocycles. The number of hydrogen-bond acceptors (Lipinski definition) is 14. The number of aliphatic hydroxyl groups excluding tert-OH is 3. The Labute approximate surface area is 397 Å². The van der Waals surface area contributed by atoms with Crippen LogP contribution >= 0.6 is 23.5 Å². The molecule has 8 atom stereocenters. The molecule has 1 rings (SSSR count). The third-order valence-electron chi connectivity index (χ3n) is 10.6. The summed E-state index contributed by atoms with van der Waals surface area (Å²) >= 11 is 0. The first-order valence-electron chi connectivity index (χ1n) is 23.9. The molecule has 390 valence electrons. The molecule has 1 saturated carbocycles. The highest BCUT2D eigenvalue weighted by Crippen LogP contribution is 2.51. The molecule has 0 heterocycles. The van der Waals surface area contributed by atoms with Gasteiger partial charge in [-0.15, -0.1) is 0 Å². The van der Waals surface area contributed by atoms with Crippen molar-refractivity contribution in [3.63, 3.8) is 0 Å². The molecule has 0 bridgehead atoms. The fraction of sp³-hybridized carbons (Fsp3) is 0.778. The third kappa shape index (κ3) is 33.4. The van der Waals surface area contributed by atoms with E-state index in [1.54, 1.807) is 0 Å². The predicted octanol–water partition coefficient (Wildman–Crippen LogP) is 8.62. The second kappa shape index (κ2) is 37.0. The Hall–Kier alpha value is -1.89. The largest absolute Gasteiger partial charge is 0.472 e. The van der Waals surface area contributed by atoms with Gasteiger partial charge in [0.25, 0.3) is 0 Å². The molecule has 0 saturated heterocycles. The quantitative estimate of drug-likeness (QED) is 0.0123. The average Bonchev–Trinajstić information content (AvgIpc) is 3.25. The standard InChI is InChI=1S/C45H81O19P3/c1-3-5-7-9-11-13-15-17-19-21-23-25-27-29-31-33-38(46)59-35-37(61-39(47)34-32-30-28-26-24-22-20-18-16-14-12-10-8-6-4-2)36-60-67(57,58)64-43-40(48)41(49)44(62-65(51,52)53)45(42(43)50)63-66(54,55)56/h11,13,17-20,23,25,37,40-45,48-50H,3-10,12,14-16,21-22,24,26-36H2,1-2H3,(H,57,58)(H2,51,52,53)(H2,54,55,56)/b13-11-,19-17-,20-18-,25-23-/t37-,40?,41?,42?,43+,44?,45+/m1/s1. The first-order chi connectivity index (χ1) is 31.8. The number of carbonyl (C=O) groups is 2. The summed E-state index contributed by atoms with van der Waals surface area (Å²) in [4.78, 5) is 73.2. The Kier molecular flexibility index (Phi) is 34.8. The van der Waals surface area contributed by atoms with Crippen LogP contribution in [0.3, 0.4) is 0 Å². The predicted molar refractivity (Wildman–Crippen MR) is 252 cm³/mol. The van der Waals surface area contributed by atoms with Crippen molar-refractivity contribution in [2.75, 3.05) is 13.2 Å². The summed E-state index contributed by atoms with van der Waals surface area (Å²) in [5.74, 6) is -1.35. The number of unbranched alkanes of at least 4 members (excludes halogenated alkanes) is 16. The van der Waals surface area contributed by atoms with Gasteiger partial charge in [-0.3, -0.25) is 27.7 Å². The molecular formula is C45H81O19P3. The number of rotatable bonds is 40. The van der Waals surface area contributed by atoms with E-state index >= 15 is 0 Å². The maximum atomic E-state index is 13.1. The zero-order valence-electron chi connectivity index (χ0n) is 39.5. The van der Waals surface area contributed by atoms with Crippen LogP contribution in [0.4, 0.5) is 0 Å². The van der Waals surface area contributed by atoms with Crippen LogP contribution in [-0.2, 0) is 50.9 Å². The minimum absolute atomic E-state index is 0.0213. The van der Waals surface area contributed by atoms with Crippen molar-refractivity contribution in [1.29, 1.82) is 0 Å². The Morgan fingerprint density at radius 2 is 0.866 bits per heavy atom. The van der Waals surface area contributed by atoms with Crippen LogP contribution in [0.2, 0.25) is 0 Å². The van der Waals surface area contributed by atoms with Gasteiger partial charge in [-0.25, -0.2) is 13.7 Å². The van der Waals surface area contributed by atoms with Gasteiger partial charge in [-0.1, -0.05) is 127 Å². The number of phosphoric acid groups is 3. The van der Waals surface area contributed by atoms with Crippen molar-refractivity contribution in [1.82, 2.24) is 0 Å². The highest BCUT2D eigenvalue weighted by Gasteiger charge is 2.56. The summed E-state index contributed by atoms with van der Waals surface area (Å²) in [6.45, 7) is 2.86. The van der Waals surface area contributed by atoms with Crippen LogP contribution in [0, 0.1) is 0 Å². The summed E-state index contributed by atoms with van der Waals surface area (Å²) in [5, 5.41) is 31.9. The van der Waals surface area contributed by atoms with E-state index in [-0.39, 0.29) is 12.8 Å². The molecule has 0 aromatic carbocycles. The van der Waals surface area contributed by atoms with E-state index in [1.807, 2.05) is 12.2 Å². The minimum Gasteiger partial charge on any atom is -0.462 e. The van der Waals surface area contributed by atoms with Gasteiger partial charge in [0.1, 0.15) is 43.2 Å². The number of hydrogen-bond donors (Lipinski definition) is 8. The van der Waals surface area contributed by atoms with E-state index in [1.165, 1.54) is 57.8 Å². The van der Waals surface area contributed by atoms with Crippen molar-refractivity contribution in [3.05, 3.63) is 48.6 Å². The summed E-state index contributed by atoms with van der Waals surface area (Å²) < 4.78 is 65.4. The van der Waals surface area contributed by atoms with Crippen molar-refractivity contribution in [3.8, 4) is 0 Å². The van der Waals surface area contributed by atoms with Crippen LogP contribution in [0.25, 0.3) is 0 Å². The van der Waals surface area contributed by atoms with Gasteiger partial charge in [0.05, 0.1) is 6.61 Å². The molecule has 22 heteroatoms. The lowest BCUT2D eigenvalue weighted by Gasteiger charge is -2.44. The van der Waals surface area contributed by atoms with Gasteiger partial charge in [0, 0.05) is 12.8 Å². The lowest BCUT2D eigenvalue weighted by Crippen LogP contribution is -2.65. The van der Waals surface area contributed by atoms with Crippen molar-refractivity contribution < 1.29 is 90.6 Å². The molecule has 8 N–H and O–H groups in total. The Balaban J connectivity index is 2.77. The molecule has 0 spiro atoms. The fourth-order valence-electron chi connectivity index (χ4n) is 6.99. The first kappa shape index (κ1) is 63.1. The Bertz CT molecular complexity index is 1590. The maximum absolute atomic E-state index is 13.1. The highest BCUT2D eigenvalue weighted by molar-refractivity contribution is 7.47. The van der Waals surface area contributed by atoms with E-state index < -0.39 is 91.3 Å². The molecule has 1 aliphatic rings. The number of allylic oxidation sites excluding steroid dienone is 8. The second-order valence-electron chi connectivity index (χ2n) is 16.7. The normalized spacial score (nSPS) is 22.0. The zero-order valence-corrected chi connectivity index (χ0v) is 42.1. The van der Waals surface area contributed by atoms with Crippen LogP contribution in [-0.4, -0.2) is 108 Å². The summed E-state index contributed by atoms with van der Waals surface area (Å²) in [6, 6.07) is 0. The Morgan fingerprint density at radius 1 is 0.478 bits per heavy atom. The van der Waals surface area contributed by atoms with Crippen molar-refractivity contribution in [2.24, 2.45) is 0 Å². The van der Waals surface area contributed by atoms with E-state index in [0.29, 0.717) is 19.3 Å². The fourth-order valence-corrected chi connectivity index (χ4v) is 9.09. The first-order valence-corrected chi connectivity index (χ1v) is 28.5. The molecular weight excluding hydrogens is 937 g/mol.